The molecule has 0 aliphatic carbocycles. The first-order chi connectivity index (χ1) is 7.65. The van der Waals surface area contributed by atoms with Crippen molar-refractivity contribution in [3.8, 4) is 5.75 Å². The van der Waals surface area contributed by atoms with Gasteiger partial charge in [-0.1, -0.05) is 25.1 Å². The lowest BCUT2D eigenvalue weighted by atomic mass is 10.1. The molecule has 0 bridgehead atoms. The van der Waals surface area contributed by atoms with E-state index >= 15 is 0 Å². The maximum atomic E-state index is 9.72. The summed E-state index contributed by atoms with van der Waals surface area (Å²) in [6.07, 6.45) is 0. The topological polar surface area (TPSA) is 32.3 Å². The number of nitrogens with one attached hydrogen (secondary N) is 1. The first-order valence-corrected chi connectivity index (χ1v) is 6.92. The quantitative estimate of drug-likeness (QED) is 0.799. The van der Waals surface area contributed by atoms with Gasteiger partial charge in [-0.2, -0.15) is 11.8 Å². The van der Waals surface area contributed by atoms with Crippen LogP contribution in [-0.2, 0) is 0 Å². The van der Waals surface area contributed by atoms with Crippen molar-refractivity contribution in [3.05, 3.63) is 29.8 Å². The summed E-state index contributed by atoms with van der Waals surface area (Å²) < 4.78 is 0. The average Bonchev–Trinajstić information content (AvgIpc) is 2.26. The number of phenols is 1. The molecule has 2 N–H and O–H groups in total. The fraction of sp³-hybridized carbons (Fsp3) is 0.538. The van der Waals surface area contributed by atoms with Crippen LogP contribution in [0.25, 0.3) is 0 Å². The second-order valence-corrected chi connectivity index (χ2v) is 5.33. The highest BCUT2D eigenvalue weighted by Gasteiger charge is 2.11. The number of para-hydroxylation sites is 1. The van der Waals surface area contributed by atoms with Crippen LogP contribution in [0.5, 0.6) is 5.75 Å². The van der Waals surface area contributed by atoms with Gasteiger partial charge < -0.3 is 10.4 Å². The van der Waals surface area contributed by atoms with Crippen LogP contribution >= 0.6 is 11.8 Å². The van der Waals surface area contributed by atoms with E-state index in [0.29, 0.717) is 11.8 Å². The highest BCUT2D eigenvalue weighted by atomic mass is 32.2. The molecule has 2 unspecified atom stereocenters. The molecule has 16 heavy (non-hydrogen) atoms. The normalized spacial score (nSPS) is 14.7. The lowest BCUT2D eigenvalue weighted by Crippen LogP contribution is -2.30. The minimum Gasteiger partial charge on any atom is -0.508 e. The Morgan fingerprint density at radius 3 is 2.62 bits per heavy atom. The van der Waals surface area contributed by atoms with Crippen molar-refractivity contribution >= 4 is 11.8 Å². The summed E-state index contributed by atoms with van der Waals surface area (Å²) in [5.74, 6) is 2.63. The molecular weight excluding hydrogens is 218 g/mol. The van der Waals surface area contributed by atoms with Gasteiger partial charge in [0.25, 0.3) is 0 Å². The van der Waals surface area contributed by atoms with E-state index in [1.165, 1.54) is 0 Å². The standard InChI is InChI=1S/C13H21NOS/c1-4-16-9-10(2)14-11(3)12-7-5-6-8-13(12)15/h5-8,10-11,14-15H,4,9H2,1-3H3. The van der Waals surface area contributed by atoms with Gasteiger partial charge >= 0.3 is 0 Å². The molecule has 0 heterocycles. The van der Waals surface area contributed by atoms with E-state index in [9.17, 15) is 5.11 Å². The molecule has 0 fully saturated rings. The zero-order valence-corrected chi connectivity index (χ0v) is 11.1. The molecule has 0 saturated heterocycles. The Morgan fingerprint density at radius 1 is 1.31 bits per heavy atom. The van der Waals surface area contributed by atoms with Gasteiger partial charge in [0.15, 0.2) is 0 Å². The summed E-state index contributed by atoms with van der Waals surface area (Å²) in [6.45, 7) is 6.44. The molecule has 0 aliphatic heterocycles. The number of phenolic OH excluding ortho intramolecular Hbond substituents is 1. The number of hydrogen-bond acceptors (Lipinski definition) is 3. The van der Waals surface area contributed by atoms with Crippen molar-refractivity contribution in [2.24, 2.45) is 0 Å². The molecule has 0 amide bonds. The number of hydrogen-bond donors (Lipinski definition) is 2. The van der Waals surface area contributed by atoms with E-state index in [1.54, 1.807) is 6.07 Å². The van der Waals surface area contributed by atoms with Gasteiger partial charge in [0, 0.05) is 23.4 Å². The minimum absolute atomic E-state index is 0.189. The monoisotopic (exact) mass is 239 g/mol. The van der Waals surface area contributed by atoms with Gasteiger partial charge in [0.1, 0.15) is 5.75 Å². The molecule has 2 atom stereocenters. The predicted octanol–water partition coefficient (Wildman–Crippen LogP) is 3.18. The van der Waals surface area contributed by atoms with Crippen LogP contribution in [0.1, 0.15) is 32.4 Å². The molecule has 0 radical (unpaired) electrons. The summed E-state index contributed by atoms with van der Waals surface area (Å²) in [5.41, 5.74) is 0.968. The summed E-state index contributed by atoms with van der Waals surface area (Å²) in [4.78, 5) is 0. The van der Waals surface area contributed by atoms with Gasteiger partial charge in [0.2, 0.25) is 0 Å². The van der Waals surface area contributed by atoms with Crippen molar-refractivity contribution in [3.63, 3.8) is 0 Å². The third-order valence-electron chi connectivity index (χ3n) is 2.51. The second-order valence-electron chi connectivity index (χ2n) is 4.01. The number of thioether (sulfide) groups is 1. The van der Waals surface area contributed by atoms with Crippen LogP contribution in [0.15, 0.2) is 24.3 Å². The Kier molecular flexibility index (Phi) is 5.71. The molecule has 0 spiro atoms. The zero-order chi connectivity index (χ0) is 12.0. The third kappa shape index (κ3) is 4.06. The molecule has 1 aromatic rings. The van der Waals surface area contributed by atoms with E-state index in [0.717, 1.165) is 17.1 Å². The minimum atomic E-state index is 0.189. The summed E-state index contributed by atoms with van der Waals surface area (Å²) in [5, 5.41) is 13.2. The van der Waals surface area contributed by atoms with Crippen molar-refractivity contribution in [1.82, 2.24) is 5.32 Å². The second kappa shape index (κ2) is 6.81. The first-order valence-electron chi connectivity index (χ1n) is 5.76. The summed E-state index contributed by atoms with van der Waals surface area (Å²) in [7, 11) is 0. The van der Waals surface area contributed by atoms with Crippen LogP contribution in [0.2, 0.25) is 0 Å². The maximum absolute atomic E-state index is 9.72. The molecule has 1 aromatic carbocycles. The van der Waals surface area contributed by atoms with Crippen LogP contribution in [-0.4, -0.2) is 22.7 Å². The number of benzene rings is 1. The fourth-order valence-corrected chi connectivity index (χ4v) is 2.40. The highest BCUT2D eigenvalue weighted by molar-refractivity contribution is 7.99. The smallest absolute Gasteiger partial charge is 0.120 e. The van der Waals surface area contributed by atoms with Crippen LogP contribution < -0.4 is 5.32 Å². The Hall–Kier alpha value is -0.670. The Bertz CT molecular complexity index is 317. The van der Waals surface area contributed by atoms with Gasteiger partial charge in [-0.25, -0.2) is 0 Å². The Balaban J connectivity index is 2.52. The molecular formula is C13H21NOS. The molecule has 1 rings (SSSR count). The van der Waals surface area contributed by atoms with Crippen molar-refractivity contribution < 1.29 is 5.11 Å². The largest absolute Gasteiger partial charge is 0.508 e. The van der Waals surface area contributed by atoms with Gasteiger partial charge in [-0.05, 0) is 25.7 Å². The summed E-state index contributed by atoms with van der Waals surface area (Å²) in [6, 6.07) is 8.15. The Labute approximate surface area is 102 Å². The van der Waals surface area contributed by atoms with E-state index in [2.05, 4.69) is 26.1 Å². The first kappa shape index (κ1) is 13.4. The van der Waals surface area contributed by atoms with E-state index in [1.807, 2.05) is 30.0 Å². The van der Waals surface area contributed by atoms with Crippen LogP contribution in [0.4, 0.5) is 0 Å². The summed E-state index contributed by atoms with van der Waals surface area (Å²) >= 11 is 1.93. The van der Waals surface area contributed by atoms with Crippen molar-refractivity contribution in [1.29, 1.82) is 0 Å². The molecule has 0 aliphatic rings. The lowest BCUT2D eigenvalue weighted by Gasteiger charge is -2.20. The molecule has 0 saturated carbocycles. The number of aromatic hydroxyl groups is 1. The predicted molar refractivity (Wildman–Crippen MR) is 72.1 cm³/mol. The van der Waals surface area contributed by atoms with E-state index < -0.39 is 0 Å². The number of rotatable bonds is 6. The molecule has 90 valence electrons. The van der Waals surface area contributed by atoms with Crippen molar-refractivity contribution in [2.75, 3.05) is 11.5 Å². The third-order valence-corrected chi connectivity index (χ3v) is 3.65. The zero-order valence-electron chi connectivity index (χ0n) is 10.2. The van der Waals surface area contributed by atoms with Crippen molar-refractivity contribution in [2.45, 2.75) is 32.9 Å². The SMILES string of the molecule is CCSCC(C)NC(C)c1ccccc1O. The van der Waals surface area contributed by atoms with Crippen LogP contribution in [0.3, 0.4) is 0 Å². The van der Waals surface area contributed by atoms with Gasteiger partial charge in [-0.15, -0.1) is 0 Å². The van der Waals surface area contributed by atoms with Gasteiger partial charge in [-0.3, -0.25) is 0 Å². The lowest BCUT2D eigenvalue weighted by molar-refractivity contribution is 0.443. The Morgan fingerprint density at radius 2 is 2.00 bits per heavy atom. The highest BCUT2D eigenvalue weighted by Crippen LogP contribution is 2.23. The molecule has 2 nitrogen and oxygen atoms in total. The molecule has 3 heteroatoms. The van der Waals surface area contributed by atoms with E-state index in [4.69, 9.17) is 0 Å². The average molecular weight is 239 g/mol. The fourth-order valence-electron chi connectivity index (χ4n) is 1.71. The van der Waals surface area contributed by atoms with Crippen LogP contribution in [0, 0.1) is 0 Å². The van der Waals surface area contributed by atoms with E-state index in [-0.39, 0.29) is 6.04 Å². The maximum Gasteiger partial charge on any atom is 0.120 e. The van der Waals surface area contributed by atoms with Gasteiger partial charge in [0.05, 0.1) is 0 Å². The molecule has 0 aromatic heterocycles.